The number of nitrogens with zero attached hydrogens (tertiary/aromatic N) is 2. The number of sulfonamides is 1. The molecule has 1 N–H and O–H groups in total. The first-order valence-electron chi connectivity index (χ1n) is 8.31. The van der Waals surface area contributed by atoms with Gasteiger partial charge in [-0.1, -0.05) is 24.2 Å². The SMILES string of the molecule is CCc1ccc(N2CC(CNS(=O)(=O)c3c(C)noc3C)OC2=O)cc1. The molecule has 1 atom stereocenters. The Balaban J connectivity index is 1.66. The van der Waals surface area contributed by atoms with Crippen LogP contribution < -0.4 is 9.62 Å². The summed E-state index contributed by atoms with van der Waals surface area (Å²) in [7, 11) is -3.79. The molecule has 1 amide bonds. The number of hydrogen-bond acceptors (Lipinski definition) is 6. The first kappa shape index (κ1) is 18.4. The molecule has 26 heavy (non-hydrogen) atoms. The van der Waals surface area contributed by atoms with E-state index in [2.05, 4.69) is 16.8 Å². The van der Waals surface area contributed by atoms with E-state index in [-0.39, 0.29) is 29.4 Å². The predicted molar refractivity (Wildman–Crippen MR) is 94.6 cm³/mol. The van der Waals surface area contributed by atoms with E-state index in [1.54, 1.807) is 6.92 Å². The van der Waals surface area contributed by atoms with Gasteiger partial charge < -0.3 is 9.26 Å². The van der Waals surface area contributed by atoms with Gasteiger partial charge in [-0.2, -0.15) is 0 Å². The van der Waals surface area contributed by atoms with Crippen LogP contribution >= 0.6 is 0 Å². The minimum absolute atomic E-state index is 0.0221. The fourth-order valence-corrected chi connectivity index (χ4v) is 4.27. The van der Waals surface area contributed by atoms with Crippen molar-refractivity contribution in [2.75, 3.05) is 18.0 Å². The number of amides is 1. The van der Waals surface area contributed by atoms with E-state index in [0.717, 1.165) is 12.1 Å². The third-order valence-corrected chi connectivity index (χ3v) is 5.93. The van der Waals surface area contributed by atoms with Gasteiger partial charge in [-0.05, 0) is 38.0 Å². The Morgan fingerprint density at radius 3 is 2.54 bits per heavy atom. The van der Waals surface area contributed by atoms with Crippen LogP contribution in [0.15, 0.2) is 33.7 Å². The van der Waals surface area contributed by atoms with Gasteiger partial charge in [-0.25, -0.2) is 17.9 Å². The molecule has 1 saturated heterocycles. The normalized spacial score (nSPS) is 17.6. The molecule has 2 heterocycles. The molecule has 0 aliphatic carbocycles. The molecule has 0 spiro atoms. The van der Waals surface area contributed by atoms with Gasteiger partial charge in [0.2, 0.25) is 10.0 Å². The Labute approximate surface area is 152 Å². The summed E-state index contributed by atoms with van der Waals surface area (Å²) in [5.41, 5.74) is 2.18. The molecule has 0 bridgehead atoms. The summed E-state index contributed by atoms with van der Waals surface area (Å²) < 4.78 is 37.5. The second-order valence-corrected chi connectivity index (χ2v) is 7.85. The van der Waals surface area contributed by atoms with Gasteiger partial charge in [0.1, 0.15) is 16.7 Å². The number of aromatic nitrogens is 1. The van der Waals surface area contributed by atoms with E-state index in [9.17, 15) is 13.2 Å². The zero-order valence-corrected chi connectivity index (χ0v) is 15.7. The van der Waals surface area contributed by atoms with Crippen LogP contribution in [0.2, 0.25) is 0 Å². The first-order valence-corrected chi connectivity index (χ1v) is 9.79. The number of carbonyl (C=O) groups excluding carboxylic acids is 1. The molecule has 1 fully saturated rings. The molecular formula is C17H21N3O5S. The van der Waals surface area contributed by atoms with Crippen molar-refractivity contribution < 1.29 is 22.5 Å². The lowest BCUT2D eigenvalue weighted by molar-refractivity contribution is 0.143. The Hall–Kier alpha value is -2.39. The molecule has 3 rings (SSSR count). The van der Waals surface area contributed by atoms with Gasteiger partial charge in [0.25, 0.3) is 0 Å². The van der Waals surface area contributed by atoms with Gasteiger partial charge >= 0.3 is 6.09 Å². The van der Waals surface area contributed by atoms with E-state index in [1.807, 2.05) is 24.3 Å². The largest absolute Gasteiger partial charge is 0.443 e. The van der Waals surface area contributed by atoms with Gasteiger partial charge in [0.15, 0.2) is 5.76 Å². The summed E-state index contributed by atoms with van der Waals surface area (Å²) in [6.07, 6.45) is -0.156. The summed E-state index contributed by atoms with van der Waals surface area (Å²) >= 11 is 0. The number of benzene rings is 1. The van der Waals surface area contributed by atoms with Crippen LogP contribution in [-0.2, 0) is 21.2 Å². The van der Waals surface area contributed by atoms with Crippen molar-refractivity contribution in [2.24, 2.45) is 0 Å². The average Bonchev–Trinajstić information content (AvgIpc) is 3.15. The highest BCUT2D eigenvalue weighted by Gasteiger charge is 2.34. The fourth-order valence-electron chi connectivity index (χ4n) is 2.88. The highest BCUT2D eigenvalue weighted by Crippen LogP contribution is 2.23. The van der Waals surface area contributed by atoms with Crippen molar-refractivity contribution in [1.29, 1.82) is 0 Å². The lowest BCUT2D eigenvalue weighted by atomic mass is 10.1. The van der Waals surface area contributed by atoms with Crippen LogP contribution in [0, 0.1) is 13.8 Å². The quantitative estimate of drug-likeness (QED) is 0.825. The molecule has 1 aliphatic rings. The van der Waals surface area contributed by atoms with Crippen LogP contribution in [0.25, 0.3) is 0 Å². The standard InChI is InChI=1S/C17H21N3O5S/c1-4-13-5-7-14(8-6-13)20-10-15(24-17(20)21)9-18-26(22,23)16-11(2)19-25-12(16)3/h5-8,15,18H,4,9-10H2,1-3H3. The molecule has 8 nitrogen and oxygen atoms in total. The molecule has 2 aromatic rings. The fraction of sp³-hybridized carbons (Fsp3) is 0.412. The third-order valence-electron chi connectivity index (χ3n) is 4.27. The van der Waals surface area contributed by atoms with Gasteiger partial charge in [-0.3, -0.25) is 4.90 Å². The van der Waals surface area contributed by atoms with E-state index in [0.29, 0.717) is 0 Å². The number of rotatable bonds is 6. The monoisotopic (exact) mass is 379 g/mol. The highest BCUT2D eigenvalue weighted by molar-refractivity contribution is 7.89. The maximum absolute atomic E-state index is 12.4. The average molecular weight is 379 g/mol. The van der Waals surface area contributed by atoms with E-state index in [4.69, 9.17) is 9.26 Å². The zero-order chi connectivity index (χ0) is 18.9. The van der Waals surface area contributed by atoms with Gasteiger partial charge in [-0.15, -0.1) is 0 Å². The summed E-state index contributed by atoms with van der Waals surface area (Å²) in [5, 5.41) is 3.65. The molecule has 0 saturated carbocycles. The Morgan fingerprint density at radius 1 is 1.27 bits per heavy atom. The van der Waals surface area contributed by atoms with Crippen LogP contribution in [0.1, 0.15) is 23.9 Å². The van der Waals surface area contributed by atoms with Crippen molar-refractivity contribution in [3.8, 4) is 0 Å². The maximum atomic E-state index is 12.4. The van der Waals surface area contributed by atoms with Crippen molar-refractivity contribution in [3.05, 3.63) is 41.3 Å². The summed E-state index contributed by atoms with van der Waals surface area (Å²) in [5.74, 6) is 0.219. The maximum Gasteiger partial charge on any atom is 0.414 e. The van der Waals surface area contributed by atoms with Gasteiger partial charge in [0, 0.05) is 12.2 Å². The van der Waals surface area contributed by atoms with Crippen molar-refractivity contribution >= 4 is 21.8 Å². The zero-order valence-electron chi connectivity index (χ0n) is 14.9. The van der Waals surface area contributed by atoms with E-state index < -0.39 is 22.2 Å². The third kappa shape index (κ3) is 3.58. The van der Waals surface area contributed by atoms with Crippen LogP contribution in [-0.4, -0.2) is 38.9 Å². The lowest BCUT2D eigenvalue weighted by Gasteiger charge is -2.13. The molecule has 1 aromatic heterocycles. The van der Waals surface area contributed by atoms with E-state index in [1.165, 1.54) is 17.4 Å². The predicted octanol–water partition coefficient (Wildman–Crippen LogP) is 2.16. The second kappa shape index (κ2) is 7.08. The van der Waals surface area contributed by atoms with Gasteiger partial charge in [0.05, 0.1) is 6.54 Å². The molecule has 1 unspecified atom stereocenters. The van der Waals surface area contributed by atoms with Crippen molar-refractivity contribution in [2.45, 2.75) is 38.2 Å². The number of cyclic esters (lactones) is 1. The molecule has 9 heteroatoms. The molecule has 140 valence electrons. The van der Waals surface area contributed by atoms with Crippen LogP contribution in [0.3, 0.4) is 0 Å². The number of hydrogen-bond donors (Lipinski definition) is 1. The molecular weight excluding hydrogens is 358 g/mol. The number of nitrogens with one attached hydrogen (secondary N) is 1. The smallest absolute Gasteiger partial charge is 0.414 e. The number of carbonyl (C=O) groups is 1. The van der Waals surface area contributed by atoms with Crippen LogP contribution in [0.5, 0.6) is 0 Å². The minimum Gasteiger partial charge on any atom is -0.443 e. The summed E-state index contributed by atoms with van der Waals surface area (Å²) in [4.78, 5) is 13.6. The number of anilines is 1. The number of ether oxygens (including phenoxy) is 1. The molecule has 1 aromatic carbocycles. The Bertz CT molecular complexity index is 885. The van der Waals surface area contributed by atoms with Crippen molar-refractivity contribution in [1.82, 2.24) is 9.88 Å². The molecule has 0 radical (unpaired) electrons. The first-order chi connectivity index (χ1) is 12.3. The topological polar surface area (TPSA) is 102 Å². The Kier molecular flexibility index (Phi) is 5.01. The minimum atomic E-state index is -3.79. The highest BCUT2D eigenvalue weighted by atomic mass is 32.2. The summed E-state index contributed by atoms with van der Waals surface area (Å²) in [6, 6.07) is 7.62. The van der Waals surface area contributed by atoms with Crippen molar-refractivity contribution in [3.63, 3.8) is 0 Å². The number of aryl methyl sites for hydroxylation is 3. The van der Waals surface area contributed by atoms with E-state index >= 15 is 0 Å². The van der Waals surface area contributed by atoms with Crippen LogP contribution in [0.4, 0.5) is 10.5 Å². The lowest BCUT2D eigenvalue weighted by Crippen LogP contribution is -2.35. The molecule has 1 aliphatic heterocycles. The second-order valence-electron chi connectivity index (χ2n) is 6.14. The Morgan fingerprint density at radius 2 is 1.96 bits per heavy atom. The summed E-state index contributed by atoms with van der Waals surface area (Å²) in [6.45, 7) is 5.39.